The van der Waals surface area contributed by atoms with Gasteiger partial charge in [-0.3, -0.25) is 0 Å². The van der Waals surface area contributed by atoms with Crippen LogP contribution in [-0.2, 0) is 9.53 Å². The first-order valence-corrected chi connectivity index (χ1v) is 7.51. The lowest BCUT2D eigenvalue weighted by atomic mass is 9.69. The zero-order valence-corrected chi connectivity index (χ0v) is 11.4. The number of hydrogen-bond donors (Lipinski definition) is 0. The predicted octanol–water partition coefficient (Wildman–Crippen LogP) is 4.17. The molecule has 0 amide bonds. The summed E-state index contributed by atoms with van der Waals surface area (Å²) >= 11 is 0. The van der Waals surface area contributed by atoms with Gasteiger partial charge in [0, 0.05) is 0 Å². The Balaban J connectivity index is 2.08. The van der Waals surface area contributed by atoms with Gasteiger partial charge in [0.1, 0.15) is 5.60 Å². The van der Waals surface area contributed by atoms with E-state index in [1.165, 1.54) is 32.6 Å². The molecule has 0 aromatic heterocycles. The van der Waals surface area contributed by atoms with Crippen molar-refractivity contribution in [2.45, 2.75) is 82.9 Å². The third kappa shape index (κ3) is 3.04. The van der Waals surface area contributed by atoms with Crippen LogP contribution in [0.1, 0.15) is 71.1 Å². The zero-order valence-electron chi connectivity index (χ0n) is 11.4. The maximum atomic E-state index is 13.1. The number of carbonyl (C=O) groups excluding carboxylic acids is 1. The van der Waals surface area contributed by atoms with Crippen molar-refractivity contribution in [2.24, 2.45) is 5.92 Å². The number of ether oxygens (including phenoxy) is 1. The van der Waals surface area contributed by atoms with E-state index in [2.05, 4.69) is 0 Å². The Kier molecular flexibility index (Phi) is 4.63. The Morgan fingerprint density at radius 3 is 2.22 bits per heavy atom. The second-order valence-electron chi connectivity index (χ2n) is 6.00. The summed E-state index contributed by atoms with van der Waals surface area (Å²) < 4.78 is 18.8. The third-order valence-electron chi connectivity index (χ3n) is 4.68. The summed E-state index contributed by atoms with van der Waals surface area (Å²) in [5.74, 6) is -0.184. The first-order chi connectivity index (χ1) is 8.64. The van der Waals surface area contributed by atoms with Crippen LogP contribution in [0.3, 0.4) is 0 Å². The number of esters is 1. The Hall–Kier alpha value is -0.600. The molecule has 0 aromatic rings. The first kappa shape index (κ1) is 13.8. The number of alkyl halides is 1. The normalized spacial score (nSPS) is 26.6. The Morgan fingerprint density at radius 2 is 1.67 bits per heavy atom. The monoisotopic (exact) mass is 256 g/mol. The quantitative estimate of drug-likeness (QED) is 0.708. The van der Waals surface area contributed by atoms with Crippen molar-refractivity contribution in [1.29, 1.82) is 0 Å². The second-order valence-corrected chi connectivity index (χ2v) is 6.00. The van der Waals surface area contributed by atoms with Crippen LogP contribution in [0.5, 0.6) is 0 Å². The van der Waals surface area contributed by atoms with Gasteiger partial charge >= 0.3 is 5.97 Å². The lowest BCUT2D eigenvalue weighted by molar-refractivity contribution is -0.178. The molecule has 1 atom stereocenters. The minimum Gasteiger partial charge on any atom is -0.457 e. The molecule has 18 heavy (non-hydrogen) atoms. The molecule has 104 valence electrons. The predicted molar refractivity (Wildman–Crippen MR) is 69.1 cm³/mol. The van der Waals surface area contributed by atoms with Crippen molar-refractivity contribution in [3.63, 3.8) is 0 Å². The van der Waals surface area contributed by atoms with Crippen molar-refractivity contribution in [1.82, 2.24) is 0 Å². The van der Waals surface area contributed by atoms with Crippen molar-refractivity contribution < 1.29 is 13.9 Å². The third-order valence-corrected chi connectivity index (χ3v) is 4.68. The SMILES string of the molecule is C[C@H](F)C(=O)OC1(C2CCCCC2)CCCCC1. The number of halogens is 1. The molecule has 0 saturated heterocycles. The van der Waals surface area contributed by atoms with Crippen LogP contribution in [0.2, 0.25) is 0 Å². The molecule has 2 saturated carbocycles. The van der Waals surface area contributed by atoms with E-state index in [0.717, 1.165) is 38.5 Å². The van der Waals surface area contributed by atoms with E-state index in [4.69, 9.17) is 4.74 Å². The molecular formula is C15H25FO2. The van der Waals surface area contributed by atoms with Crippen LogP contribution in [0.15, 0.2) is 0 Å². The highest BCUT2D eigenvalue weighted by Crippen LogP contribution is 2.44. The number of carbonyl (C=O) groups is 1. The minimum atomic E-state index is -1.49. The fourth-order valence-corrected chi connectivity index (χ4v) is 3.65. The molecule has 3 heteroatoms. The topological polar surface area (TPSA) is 26.3 Å². The summed E-state index contributed by atoms with van der Waals surface area (Å²) in [7, 11) is 0. The maximum Gasteiger partial charge on any atom is 0.340 e. The maximum absolute atomic E-state index is 13.1. The first-order valence-electron chi connectivity index (χ1n) is 7.51. The second kappa shape index (κ2) is 6.03. The molecule has 0 bridgehead atoms. The van der Waals surface area contributed by atoms with Gasteiger partial charge in [-0.25, -0.2) is 9.18 Å². The van der Waals surface area contributed by atoms with Gasteiger partial charge in [0.05, 0.1) is 0 Å². The summed E-state index contributed by atoms with van der Waals surface area (Å²) in [6.45, 7) is 1.28. The van der Waals surface area contributed by atoms with E-state index in [1.54, 1.807) is 0 Å². The highest BCUT2D eigenvalue weighted by molar-refractivity contribution is 5.74. The van der Waals surface area contributed by atoms with E-state index < -0.39 is 12.1 Å². The molecule has 0 heterocycles. The molecule has 2 aliphatic carbocycles. The van der Waals surface area contributed by atoms with E-state index in [1.807, 2.05) is 0 Å². The molecule has 0 unspecified atom stereocenters. The van der Waals surface area contributed by atoms with Gasteiger partial charge in [-0.15, -0.1) is 0 Å². The van der Waals surface area contributed by atoms with Crippen LogP contribution >= 0.6 is 0 Å². The molecule has 2 fully saturated rings. The van der Waals surface area contributed by atoms with Crippen molar-refractivity contribution in [3.8, 4) is 0 Å². The van der Waals surface area contributed by atoms with Crippen LogP contribution < -0.4 is 0 Å². The van der Waals surface area contributed by atoms with Crippen molar-refractivity contribution in [3.05, 3.63) is 0 Å². The molecular weight excluding hydrogens is 231 g/mol. The van der Waals surface area contributed by atoms with E-state index in [9.17, 15) is 9.18 Å². The zero-order chi connectivity index (χ0) is 13.0. The standard InChI is InChI=1S/C15H25FO2/c1-12(16)14(17)18-15(10-6-3-7-11-15)13-8-4-2-5-9-13/h12-13H,2-11H2,1H3/t12-/m0/s1. The Morgan fingerprint density at radius 1 is 1.11 bits per heavy atom. The molecule has 0 aromatic carbocycles. The summed E-state index contributed by atoms with van der Waals surface area (Å²) in [4.78, 5) is 11.7. The van der Waals surface area contributed by atoms with Crippen molar-refractivity contribution in [2.75, 3.05) is 0 Å². The Bertz CT molecular complexity index is 276. The van der Waals surface area contributed by atoms with E-state index >= 15 is 0 Å². The van der Waals surface area contributed by atoms with Gasteiger partial charge in [0.2, 0.25) is 0 Å². The van der Waals surface area contributed by atoms with Crippen molar-refractivity contribution >= 4 is 5.97 Å². The summed E-state index contributed by atoms with van der Waals surface area (Å²) in [5.41, 5.74) is -0.337. The van der Waals surface area contributed by atoms with Gasteiger partial charge in [-0.2, -0.15) is 0 Å². The molecule has 2 aliphatic rings. The van der Waals surface area contributed by atoms with Crippen LogP contribution in [0, 0.1) is 5.92 Å². The largest absolute Gasteiger partial charge is 0.457 e. The summed E-state index contributed by atoms with van der Waals surface area (Å²) in [6.07, 6.45) is 9.89. The Labute approximate surface area is 109 Å². The van der Waals surface area contributed by atoms with E-state index in [-0.39, 0.29) is 5.60 Å². The summed E-state index contributed by atoms with van der Waals surface area (Å²) in [5, 5.41) is 0. The fourth-order valence-electron chi connectivity index (χ4n) is 3.65. The average Bonchev–Trinajstić information content (AvgIpc) is 2.40. The molecule has 0 aliphatic heterocycles. The summed E-state index contributed by atoms with van der Waals surface area (Å²) in [6, 6.07) is 0. The highest BCUT2D eigenvalue weighted by atomic mass is 19.1. The molecule has 2 nitrogen and oxygen atoms in total. The number of rotatable bonds is 3. The molecule has 2 rings (SSSR count). The smallest absolute Gasteiger partial charge is 0.340 e. The van der Waals surface area contributed by atoms with Gasteiger partial charge in [-0.05, 0) is 51.4 Å². The molecule has 0 N–H and O–H groups in total. The minimum absolute atomic E-state index is 0.337. The van der Waals surface area contributed by atoms with Gasteiger partial charge < -0.3 is 4.74 Å². The van der Waals surface area contributed by atoms with Gasteiger partial charge in [0.25, 0.3) is 0 Å². The highest BCUT2D eigenvalue weighted by Gasteiger charge is 2.44. The fraction of sp³-hybridized carbons (Fsp3) is 0.933. The van der Waals surface area contributed by atoms with Gasteiger partial charge in [-0.1, -0.05) is 25.7 Å². The lowest BCUT2D eigenvalue weighted by Crippen LogP contribution is -2.46. The van der Waals surface area contributed by atoms with E-state index in [0.29, 0.717) is 5.92 Å². The van der Waals surface area contributed by atoms with Crippen LogP contribution in [0.4, 0.5) is 4.39 Å². The average molecular weight is 256 g/mol. The lowest BCUT2D eigenvalue weighted by Gasteiger charge is -2.44. The van der Waals surface area contributed by atoms with Crippen LogP contribution in [-0.4, -0.2) is 17.7 Å². The molecule has 0 spiro atoms. The van der Waals surface area contributed by atoms with Gasteiger partial charge in [0.15, 0.2) is 6.17 Å². The van der Waals surface area contributed by atoms with Crippen LogP contribution in [0.25, 0.3) is 0 Å². The number of hydrogen-bond acceptors (Lipinski definition) is 2. The molecule has 0 radical (unpaired) electrons.